The number of morpholine rings is 1. The van der Waals surface area contributed by atoms with Crippen LogP contribution in [0.3, 0.4) is 0 Å². The van der Waals surface area contributed by atoms with E-state index in [-0.39, 0.29) is 28.5 Å². The Bertz CT molecular complexity index is 1270. The van der Waals surface area contributed by atoms with Gasteiger partial charge in [-0.3, -0.25) is 4.79 Å². The number of esters is 1. The third-order valence-electron chi connectivity index (χ3n) is 4.77. The minimum Gasteiger partial charge on any atom is -0.451 e. The Kier molecular flexibility index (Phi) is 6.51. The minimum absolute atomic E-state index is 0.0431. The Morgan fingerprint density at radius 1 is 1.12 bits per heavy atom. The molecule has 1 fully saturated rings. The Morgan fingerprint density at radius 2 is 1.88 bits per heavy atom. The van der Waals surface area contributed by atoms with Gasteiger partial charge in [0.05, 0.1) is 18.1 Å². The number of nitrogens with one attached hydrogen (secondary N) is 1. The highest BCUT2D eigenvalue weighted by molar-refractivity contribution is 7.89. The highest BCUT2D eigenvalue weighted by Crippen LogP contribution is 2.28. The van der Waals surface area contributed by atoms with E-state index >= 15 is 0 Å². The lowest BCUT2D eigenvalue weighted by molar-refractivity contribution is -0.119. The van der Waals surface area contributed by atoms with Crippen LogP contribution in [0.4, 0.5) is 10.1 Å². The number of fused-ring (bicyclic) bond motifs is 1. The lowest BCUT2D eigenvalue weighted by Gasteiger charge is -2.26. The third-order valence-corrected chi connectivity index (χ3v) is 7.74. The SMILES string of the molecule is O=C(COC(=O)c1cc2c(F)cccc2s1)Nc1cccc(S(=O)(=O)N2CCOCC2)c1. The van der Waals surface area contributed by atoms with E-state index in [9.17, 15) is 22.4 Å². The zero-order valence-corrected chi connectivity index (χ0v) is 18.4. The number of carbonyl (C=O) groups excluding carboxylic acids is 2. The van der Waals surface area contributed by atoms with Gasteiger partial charge in [0.25, 0.3) is 5.91 Å². The van der Waals surface area contributed by atoms with Crippen LogP contribution in [-0.2, 0) is 24.3 Å². The maximum atomic E-state index is 13.8. The van der Waals surface area contributed by atoms with E-state index in [4.69, 9.17) is 9.47 Å². The number of sulfonamides is 1. The summed E-state index contributed by atoms with van der Waals surface area (Å²) < 4.78 is 51.4. The lowest BCUT2D eigenvalue weighted by Crippen LogP contribution is -2.40. The zero-order chi connectivity index (χ0) is 22.7. The molecule has 1 aromatic heterocycles. The lowest BCUT2D eigenvalue weighted by atomic mass is 10.2. The summed E-state index contributed by atoms with van der Waals surface area (Å²) in [5, 5.41) is 2.83. The highest BCUT2D eigenvalue weighted by atomic mass is 32.2. The first-order chi connectivity index (χ1) is 15.3. The van der Waals surface area contributed by atoms with Crippen LogP contribution in [0, 0.1) is 5.82 Å². The molecule has 11 heteroatoms. The van der Waals surface area contributed by atoms with Gasteiger partial charge >= 0.3 is 5.97 Å². The van der Waals surface area contributed by atoms with E-state index in [1.165, 1.54) is 40.7 Å². The molecule has 0 atom stereocenters. The summed E-state index contributed by atoms with van der Waals surface area (Å²) in [7, 11) is -3.71. The molecule has 0 radical (unpaired) electrons. The number of thiophene rings is 1. The molecule has 1 aliphatic rings. The molecule has 32 heavy (non-hydrogen) atoms. The smallest absolute Gasteiger partial charge is 0.348 e. The summed E-state index contributed by atoms with van der Waals surface area (Å²) in [4.78, 5) is 24.7. The zero-order valence-electron chi connectivity index (χ0n) is 16.7. The van der Waals surface area contributed by atoms with Crippen molar-refractivity contribution < 1.29 is 31.9 Å². The van der Waals surface area contributed by atoms with E-state index in [1.54, 1.807) is 12.1 Å². The molecule has 0 bridgehead atoms. The average molecular weight is 479 g/mol. The standard InChI is InChI=1S/C21H19FN2O6S2/c22-17-5-2-6-18-16(17)12-19(31-18)21(26)30-13-20(25)23-14-3-1-4-15(11-14)32(27,28)24-7-9-29-10-8-24/h1-6,11-12H,7-10,13H2,(H,23,25). The number of hydrogen-bond donors (Lipinski definition) is 1. The van der Waals surface area contributed by atoms with Crippen LogP contribution in [0.5, 0.6) is 0 Å². The van der Waals surface area contributed by atoms with Crippen LogP contribution in [0.2, 0.25) is 0 Å². The van der Waals surface area contributed by atoms with Gasteiger partial charge in [-0.2, -0.15) is 4.31 Å². The molecule has 4 rings (SSSR count). The first kappa shape index (κ1) is 22.3. The second-order valence-corrected chi connectivity index (χ2v) is 9.95. The van der Waals surface area contributed by atoms with Crippen LogP contribution in [0.15, 0.2) is 53.4 Å². The van der Waals surface area contributed by atoms with Crippen LogP contribution in [-0.4, -0.2) is 57.5 Å². The van der Waals surface area contributed by atoms with Gasteiger partial charge in [-0.25, -0.2) is 17.6 Å². The van der Waals surface area contributed by atoms with Crippen molar-refractivity contribution in [1.82, 2.24) is 4.31 Å². The number of ether oxygens (including phenoxy) is 2. The normalized spacial score (nSPS) is 14.9. The van der Waals surface area contributed by atoms with Crippen molar-refractivity contribution in [3.63, 3.8) is 0 Å². The minimum atomic E-state index is -3.71. The van der Waals surface area contributed by atoms with Gasteiger partial charge in [-0.1, -0.05) is 12.1 Å². The molecule has 2 aromatic carbocycles. The van der Waals surface area contributed by atoms with Crippen molar-refractivity contribution >= 4 is 49.0 Å². The molecule has 2 heterocycles. The highest BCUT2D eigenvalue weighted by Gasteiger charge is 2.26. The molecule has 1 amide bonds. The van der Waals surface area contributed by atoms with Crippen LogP contribution in [0.25, 0.3) is 10.1 Å². The number of rotatable bonds is 6. The fourth-order valence-corrected chi connectivity index (χ4v) is 5.62. The molecule has 8 nitrogen and oxygen atoms in total. The topological polar surface area (TPSA) is 102 Å². The number of carbonyl (C=O) groups is 2. The van der Waals surface area contributed by atoms with Gasteiger partial charge in [0, 0.05) is 28.9 Å². The molecule has 1 N–H and O–H groups in total. The molecule has 3 aromatic rings. The number of nitrogens with zero attached hydrogens (tertiary/aromatic N) is 1. The second-order valence-electron chi connectivity index (χ2n) is 6.93. The van der Waals surface area contributed by atoms with Crippen LogP contribution in [0.1, 0.15) is 9.67 Å². The van der Waals surface area contributed by atoms with Crippen molar-refractivity contribution in [1.29, 1.82) is 0 Å². The van der Waals surface area contributed by atoms with Gasteiger partial charge < -0.3 is 14.8 Å². The van der Waals surface area contributed by atoms with E-state index < -0.39 is 34.3 Å². The molecule has 168 valence electrons. The van der Waals surface area contributed by atoms with Gasteiger partial charge in [-0.05, 0) is 36.4 Å². The molecule has 0 spiro atoms. The van der Waals surface area contributed by atoms with Crippen molar-refractivity contribution in [2.75, 3.05) is 38.2 Å². The largest absolute Gasteiger partial charge is 0.451 e. The summed E-state index contributed by atoms with van der Waals surface area (Å²) in [6.45, 7) is 0.601. The fraction of sp³-hybridized carbons (Fsp3) is 0.238. The maximum absolute atomic E-state index is 13.8. The van der Waals surface area contributed by atoms with E-state index in [2.05, 4.69) is 5.32 Å². The van der Waals surface area contributed by atoms with Crippen molar-refractivity contribution in [3.8, 4) is 0 Å². The average Bonchev–Trinajstić information content (AvgIpc) is 3.24. The van der Waals surface area contributed by atoms with Crippen LogP contribution >= 0.6 is 11.3 Å². The summed E-state index contributed by atoms with van der Waals surface area (Å²) in [5.41, 5.74) is 0.254. The number of hydrogen-bond acceptors (Lipinski definition) is 7. The van der Waals surface area contributed by atoms with E-state index in [1.807, 2.05) is 0 Å². The Balaban J connectivity index is 1.38. The number of halogens is 1. The Morgan fingerprint density at radius 3 is 2.62 bits per heavy atom. The second kappa shape index (κ2) is 9.33. The first-order valence-corrected chi connectivity index (χ1v) is 11.9. The van der Waals surface area contributed by atoms with Crippen LogP contribution < -0.4 is 5.32 Å². The Labute approximate surface area is 187 Å². The van der Waals surface area contributed by atoms with Gasteiger partial charge in [0.2, 0.25) is 10.0 Å². The monoisotopic (exact) mass is 478 g/mol. The predicted molar refractivity (Wildman–Crippen MR) is 117 cm³/mol. The maximum Gasteiger partial charge on any atom is 0.348 e. The molecule has 0 aliphatic carbocycles. The molecular weight excluding hydrogens is 459 g/mol. The molecule has 1 aliphatic heterocycles. The van der Waals surface area contributed by atoms with Crippen molar-refractivity contribution in [2.24, 2.45) is 0 Å². The third kappa shape index (κ3) is 4.80. The molecule has 1 saturated heterocycles. The molecule has 0 unspecified atom stereocenters. The van der Waals surface area contributed by atoms with Gasteiger partial charge in [-0.15, -0.1) is 11.3 Å². The quantitative estimate of drug-likeness (QED) is 0.547. The first-order valence-electron chi connectivity index (χ1n) is 9.67. The number of benzene rings is 2. The fourth-order valence-electron chi connectivity index (χ4n) is 3.20. The van der Waals surface area contributed by atoms with Gasteiger partial charge in [0.15, 0.2) is 6.61 Å². The van der Waals surface area contributed by atoms with Crippen molar-refractivity contribution in [2.45, 2.75) is 4.90 Å². The summed E-state index contributed by atoms with van der Waals surface area (Å²) in [6.07, 6.45) is 0. The number of anilines is 1. The summed E-state index contributed by atoms with van der Waals surface area (Å²) in [6, 6.07) is 11.8. The summed E-state index contributed by atoms with van der Waals surface area (Å²) in [5.74, 6) is -1.82. The molecular formula is C21H19FN2O6S2. The van der Waals surface area contributed by atoms with E-state index in [0.717, 1.165) is 11.3 Å². The predicted octanol–water partition coefficient (Wildman–Crippen LogP) is 2.86. The van der Waals surface area contributed by atoms with E-state index in [0.29, 0.717) is 23.3 Å². The number of amides is 1. The van der Waals surface area contributed by atoms with Gasteiger partial charge in [0.1, 0.15) is 10.7 Å². The van der Waals surface area contributed by atoms with Crippen molar-refractivity contribution in [3.05, 3.63) is 59.2 Å². The summed E-state index contributed by atoms with van der Waals surface area (Å²) >= 11 is 1.07. The molecule has 0 saturated carbocycles. The Hall–Kier alpha value is -2.86.